The van der Waals surface area contributed by atoms with Crippen LogP contribution < -0.4 is 0 Å². The molecule has 5 nitrogen and oxygen atoms in total. The predicted octanol–water partition coefficient (Wildman–Crippen LogP) is 1.06. The molecule has 1 N–H and O–H groups in total. The third kappa shape index (κ3) is 3.63. The van der Waals surface area contributed by atoms with Crippen LogP contribution in [-0.4, -0.2) is 34.8 Å². The van der Waals surface area contributed by atoms with Gasteiger partial charge in [-0.05, 0) is 19.4 Å². The van der Waals surface area contributed by atoms with Crippen molar-refractivity contribution in [2.45, 2.75) is 19.8 Å². The summed E-state index contributed by atoms with van der Waals surface area (Å²) in [6.07, 6.45) is 1.43. The minimum absolute atomic E-state index is 0.0508. The molecule has 0 aliphatic rings. The quantitative estimate of drug-likeness (QED) is 0.736. The number of carboxylic acids is 1. The van der Waals surface area contributed by atoms with Crippen molar-refractivity contribution in [1.82, 2.24) is 9.97 Å². The van der Waals surface area contributed by atoms with Gasteiger partial charge < -0.3 is 9.84 Å². The molecule has 0 amide bonds. The molecule has 0 spiro atoms. The van der Waals surface area contributed by atoms with E-state index in [1.165, 1.54) is 6.07 Å². The average molecular weight is 210 g/mol. The summed E-state index contributed by atoms with van der Waals surface area (Å²) in [4.78, 5) is 18.8. The Morgan fingerprint density at radius 1 is 1.53 bits per heavy atom. The maximum absolute atomic E-state index is 10.7. The van der Waals surface area contributed by atoms with E-state index in [1.807, 2.05) is 0 Å². The second-order valence-corrected chi connectivity index (χ2v) is 3.21. The lowest BCUT2D eigenvalue weighted by Crippen LogP contribution is -2.07. The molecule has 0 saturated carbocycles. The van der Waals surface area contributed by atoms with E-state index >= 15 is 0 Å². The van der Waals surface area contributed by atoms with Crippen molar-refractivity contribution in [3.63, 3.8) is 0 Å². The second-order valence-electron chi connectivity index (χ2n) is 3.21. The molecule has 0 saturated heterocycles. The Bertz CT molecular complexity index is 353. The number of ether oxygens (including phenoxy) is 1. The highest BCUT2D eigenvalue weighted by Gasteiger charge is 2.08. The molecule has 0 radical (unpaired) electrons. The van der Waals surface area contributed by atoms with Crippen LogP contribution in [0.2, 0.25) is 0 Å². The summed E-state index contributed by atoms with van der Waals surface area (Å²) in [5.41, 5.74) is 0.727. The van der Waals surface area contributed by atoms with E-state index in [2.05, 4.69) is 9.97 Å². The molecule has 0 unspecified atom stereocenters. The van der Waals surface area contributed by atoms with Crippen molar-refractivity contribution in [3.05, 3.63) is 23.3 Å². The highest BCUT2D eigenvalue weighted by atomic mass is 16.5. The lowest BCUT2D eigenvalue weighted by molar-refractivity contribution is 0.0689. The number of carboxylic acid groups (broad SMARTS) is 1. The molecule has 1 aromatic heterocycles. The number of aromatic nitrogens is 2. The van der Waals surface area contributed by atoms with Crippen LogP contribution in [0, 0.1) is 6.92 Å². The molecule has 82 valence electrons. The summed E-state index contributed by atoms with van der Waals surface area (Å²) in [6.45, 7) is 2.38. The molecule has 0 aliphatic heterocycles. The van der Waals surface area contributed by atoms with Crippen LogP contribution in [0.5, 0.6) is 0 Å². The van der Waals surface area contributed by atoms with E-state index in [4.69, 9.17) is 9.84 Å². The van der Waals surface area contributed by atoms with Gasteiger partial charge in [0.1, 0.15) is 5.82 Å². The molecule has 15 heavy (non-hydrogen) atoms. The Balaban J connectivity index is 2.75. The Morgan fingerprint density at radius 2 is 2.27 bits per heavy atom. The zero-order chi connectivity index (χ0) is 11.3. The fourth-order valence-corrected chi connectivity index (χ4v) is 1.23. The number of rotatable bonds is 5. The predicted molar refractivity (Wildman–Crippen MR) is 53.9 cm³/mol. The molecule has 0 atom stereocenters. The SMILES string of the molecule is COCCCc1nc(C)cc(C(=O)O)n1. The van der Waals surface area contributed by atoms with Gasteiger partial charge in [-0.15, -0.1) is 0 Å². The molecule has 0 aromatic carbocycles. The number of hydrogen-bond donors (Lipinski definition) is 1. The van der Waals surface area contributed by atoms with E-state index in [-0.39, 0.29) is 5.69 Å². The van der Waals surface area contributed by atoms with Gasteiger partial charge in [-0.25, -0.2) is 14.8 Å². The number of methoxy groups -OCH3 is 1. The van der Waals surface area contributed by atoms with Crippen LogP contribution in [0.3, 0.4) is 0 Å². The molecule has 1 aromatic rings. The van der Waals surface area contributed by atoms with E-state index in [9.17, 15) is 4.79 Å². The number of carbonyl (C=O) groups is 1. The standard InChI is InChI=1S/C10H14N2O3/c1-7-6-8(10(13)14)12-9(11-7)4-3-5-15-2/h6H,3-5H2,1-2H3,(H,13,14). The van der Waals surface area contributed by atoms with Crippen LogP contribution in [0.1, 0.15) is 28.4 Å². The highest BCUT2D eigenvalue weighted by molar-refractivity contribution is 5.85. The van der Waals surface area contributed by atoms with Crippen molar-refractivity contribution in [3.8, 4) is 0 Å². The first-order chi connectivity index (χ1) is 7.13. The summed E-state index contributed by atoms with van der Waals surface area (Å²) >= 11 is 0. The monoisotopic (exact) mass is 210 g/mol. The summed E-state index contributed by atoms with van der Waals surface area (Å²) < 4.78 is 4.90. The zero-order valence-corrected chi connectivity index (χ0v) is 8.86. The van der Waals surface area contributed by atoms with Crippen LogP contribution in [0.4, 0.5) is 0 Å². The van der Waals surface area contributed by atoms with E-state index in [0.29, 0.717) is 24.5 Å². The third-order valence-electron chi connectivity index (χ3n) is 1.87. The molecular weight excluding hydrogens is 196 g/mol. The maximum Gasteiger partial charge on any atom is 0.354 e. The van der Waals surface area contributed by atoms with E-state index in [1.54, 1.807) is 14.0 Å². The number of aromatic carboxylic acids is 1. The van der Waals surface area contributed by atoms with Gasteiger partial charge in [-0.2, -0.15) is 0 Å². The van der Waals surface area contributed by atoms with Gasteiger partial charge in [0.25, 0.3) is 0 Å². The lowest BCUT2D eigenvalue weighted by atomic mass is 10.2. The Hall–Kier alpha value is -1.49. The second kappa shape index (κ2) is 5.41. The molecular formula is C10H14N2O3. The van der Waals surface area contributed by atoms with Gasteiger partial charge in [0.05, 0.1) is 0 Å². The number of aryl methyl sites for hydroxylation is 2. The first-order valence-electron chi connectivity index (χ1n) is 4.70. The van der Waals surface area contributed by atoms with Gasteiger partial charge in [0, 0.05) is 25.8 Å². The Morgan fingerprint density at radius 3 is 2.87 bits per heavy atom. The zero-order valence-electron chi connectivity index (χ0n) is 8.86. The van der Waals surface area contributed by atoms with Gasteiger partial charge in [0.2, 0.25) is 0 Å². The van der Waals surface area contributed by atoms with Crippen molar-refractivity contribution in [2.75, 3.05) is 13.7 Å². The van der Waals surface area contributed by atoms with Crippen molar-refractivity contribution in [1.29, 1.82) is 0 Å². The van der Waals surface area contributed by atoms with Crippen LogP contribution in [0.15, 0.2) is 6.07 Å². The van der Waals surface area contributed by atoms with Gasteiger partial charge in [0.15, 0.2) is 5.69 Å². The first-order valence-corrected chi connectivity index (χ1v) is 4.70. The minimum atomic E-state index is -1.02. The Kier molecular flexibility index (Phi) is 4.17. The van der Waals surface area contributed by atoms with Crippen LogP contribution in [-0.2, 0) is 11.2 Å². The van der Waals surface area contributed by atoms with Crippen molar-refractivity contribution in [2.24, 2.45) is 0 Å². The van der Waals surface area contributed by atoms with Gasteiger partial charge in [-0.1, -0.05) is 0 Å². The molecule has 1 rings (SSSR count). The third-order valence-corrected chi connectivity index (χ3v) is 1.87. The fourth-order valence-electron chi connectivity index (χ4n) is 1.23. The van der Waals surface area contributed by atoms with E-state index in [0.717, 1.165) is 6.42 Å². The maximum atomic E-state index is 10.7. The molecule has 0 fully saturated rings. The molecule has 5 heteroatoms. The van der Waals surface area contributed by atoms with Gasteiger partial charge >= 0.3 is 5.97 Å². The molecule has 1 heterocycles. The topological polar surface area (TPSA) is 72.3 Å². The molecule has 0 bridgehead atoms. The summed E-state index contributed by atoms with van der Waals surface area (Å²) in [7, 11) is 1.62. The highest BCUT2D eigenvalue weighted by Crippen LogP contribution is 2.03. The Labute approximate surface area is 88.1 Å². The molecule has 0 aliphatic carbocycles. The number of nitrogens with zero attached hydrogens (tertiary/aromatic N) is 2. The van der Waals surface area contributed by atoms with Crippen LogP contribution in [0.25, 0.3) is 0 Å². The summed E-state index contributed by atoms with van der Waals surface area (Å²) in [5, 5.41) is 8.79. The average Bonchev–Trinajstić information content (AvgIpc) is 2.17. The summed E-state index contributed by atoms with van der Waals surface area (Å²) in [6, 6.07) is 1.46. The summed E-state index contributed by atoms with van der Waals surface area (Å²) in [5.74, 6) is -0.460. The van der Waals surface area contributed by atoms with Crippen molar-refractivity contribution < 1.29 is 14.6 Å². The normalized spacial score (nSPS) is 10.3. The van der Waals surface area contributed by atoms with E-state index < -0.39 is 5.97 Å². The van der Waals surface area contributed by atoms with Crippen LogP contribution >= 0.6 is 0 Å². The van der Waals surface area contributed by atoms with Crippen molar-refractivity contribution >= 4 is 5.97 Å². The van der Waals surface area contributed by atoms with Gasteiger partial charge in [-0.3, -0.25) is 0 Å². The lowest BCUT2D eigenvalue weighted by Gasteiger charge is -2.02. The fraction of sp³-hybridized carbons (Fsp3) is 0.500. The largest absolute Gasteiger partial charge is 0.477 e. The minimum Gasteiger partial charge on any atom is -0.477 e. The smallest absolute Gasteiger partial charge is 0.354 e. The first kappa shape index (κ1) is 11.6. The number of hydrogen-bond acceptors (Lipinski definition) is 4.